The molecule has 1 aromatic heterocycles. The second kappa shape index (κ2) is 14.0. The number of aromatic nitrogens is 3. The normalized spacial score (nSPS) is 12.6. The molecule has 9 heteroatoms. The van der Waals surface area contributed by atoms with Crippen molar-refractivity contribution < 1.29 is 13.9 Å². The van der Waals surface area contributed by atoms with Crippen LogP contribution in [0.2, 0.25) is 0 Å². The summed E-state index contributed by atoms with van der Waals surface area (Å²) < 4.78 is 21.0. The van der Waals surface area contributed by atoms with E-state index in [2.05, 4.69) is 35.6 Å². The van der Waals surface area contributed by atoms with Crippen molar-refractivity contribution in [2.45, 2.75) is 53.0 Å². The molecule has 190 valence electrons. The van der Waals surface area contributed by atoms with Crippen LogP contribution in [0, 0.1) is 12.7 Å². The van der Waals surface area contributed by atoms with Crippen LogP contribution in [0.15, 0.2) is 47.4 Å². The van der Waals surface area contributed by atoms with Crippen molar-refractivity contribution in [3.63, 3.8) is 0 Å². The molecule has 2 rings (SSSR count). The Labute approximate surface area is 207 Å². The van der Waals surface area contributed by atoms with Crippen LogP contribution in [0.1, 0.15) is 50.9 Å². The lowest BCUT2D eigenvalue weighted by atomic mass is 10.1. The number of amides is 1. The molecular formula is C26H37FN6O2. The number of halogens is 1. The molecule has 0 saturated heterocycles. The van der Waals surface area contributed by atoms with Crippen LogP contribution in [0.25, 0.3) is 11.4 Å². The molecule has 2 aromatic rings. The molecule has 0 radical (unpaired) electrons. The minimum absolute atomic E-state index is 0.236. The summed E-state index contributed by atoms with van der Waals surface area (Å²) in [6.07, 6.45) is 5.83. The largest absolute Gasteiger partial charge is 0.481 e. The molecule has 0 fully saturated rings. The average Bonchev–Trinajstić information content (AvgIpc) is 3.28. The van der Waals surface area contributed by atoms with Crippen molar-refractivity contribution in [2.75, 3.05) is 26.7 Å². The summed E-state index contributed by atoms with van der Waals surface area (Å²) in [5.41, 5.74) is 2.11. The number of aryl methyl sites for hydroxylation is 2. The summed E-state index contributed by atoms with van der Waals surface area (Å²) in [6.45, 7) is 14.4. The van der Waals surface area contributed by atoms with Crippen molar-refractivity contribution in [1.29, 1.82) is 0 Å². The molecule has 1 atom stereocenters. The van der Waals surface area contributed by atoms with E-state index in [0.717, 1.165) is 29.9 Å². The van der Waals surface area contributed by atoms with Crippen molar-refractivity contribution in [3.05, 3.63) is 59.6 Å². The first-order valence-electron chi connectivity index (χ1n) is 11.9. The van der Waals surface area contributed by atoms with Crippen LogP contribution in [-0.2, 0) is 16.1 Å². The van der Waals surface area contributed by atoms with E-state index in [9.17, 15) is 9.18 Å². The molecule has 1 heterocycles. The predicted octanol–water partition coefficient (Wildman–Crippen LogP) is 4.44. The molecule has 0 spiro atoms. The van der Waals surface area contributed by atoms with Gasteiger partial charge in [0.25, 0.3) is 0 Å². The Bertz CT molecular complexity index is 1050. The second-order valence-electron chi connectivity index (χ2n) is 8.27. The van der Waals surface area contributed by atoms with E-state index in [0.29, 0.717) is 49.9 Å². The SMILES string of the molecule is C=C(/C=C(\N=C/C)OC)N(CCCn1nc(-c2ccc(F)c(C)c2)nc1C(C)CC)CCNC=O. The maximum absolute atomic E-state index is 13.7. The molecule has 1 aromatic carbocycles. The zero-order valence-electron chi connectivity index (χ0n) is 21.4. The monoisotopic (exact) mass is 484 g/mol. The number of rotatable bonds is 15. The Kier molecular flexibility index (Phi) is 11.1. The number of benzene rings is 1. The fraction of sp³-hybridized carbons (Fsp3) is 0.462. The average molecular weight is 485 g/mol. The molecule has 0 saturated carbocycles. The van der Waals surface area contributed by atoms with E-state index in [1.807, 2.05) is 11.6 Å². The van der Waals surface area contributed by atoms with Crippen molar-refractivity contribution in [3.8, 4) is 11.4 Å². The van der Waals surface area contributed by atoms with Crippen molar-refractivity contribution >= 4 is 12.6 Å². The first-order valence-corrected chi connectivity index (χ1v) is 11.9. The Morgan fingerprint density at radius 3 is 2.80 bits per heavy atom. The molecular weight excluding hydrogens is 447 g/mol. The quantitative estimate of drug-likeness (QED) is 0.133. The number of ether oxygens (including phenoxy) is 1. The van der Waals surface area contributed by atoms with Crippen LogP contribution in [0.5, 0.6) is 0 Å². The molecule has 0 bridgehead atoms. The predicted molar refractivity (Wildman–Crippen MR) is 138 cm³/mol. The molecule has 1 unspecified atom stereocenters. The molecule has 1 N–H and O–H groups in total. The lowest BCUT2D eigenvalue weighted by molar-refractivity contribution is -0.109. The minimum Gasteiger partial charge on any atom is -0.481 e. The number of hydrogen-bond acceptors (Lipinski definition) is 6. The molecule has 0 aliphatic carbocycles. The number of nitrogens with one attached hydrogen (secondary N) is 1. The standard InChI is InChI=1S/C26H37FN6O2/c1-7-19(3)26-30-25(22-10-11-23(27)20(4)16-22)31-33(26)14-9-13-32(15-12-28-18-34)21(5)17-24(35-6)29-8-2/h8,10-11,16-19H,5,7,9,12-15H2,1-4,6H3,(H,28,34)/b24-17+,29-8-. The number of carbonyl (C=O) groups excluding carboxylic acids is 1. The maximum atomic E-state index is 13.7. The number of hydrogen-bond donors (Lipinski definition) is 1. The summed E-state index contributed by atoms with van der Waals surface area (Å²) >= 11 is 0. The number of carbonyl (C=O) groups is 1. The third kappa shape index (κ3) is 8.05. The first kappa shape index (κ1) is 27.8. The Morgan fingerprint density at radius 2 is 2.17 bits per heavy atom. The summed E-state index contributed by atoms with van der Waals surface area (Å²) in [5.74, 6) is 1.97. The van der Waals surface area contributed by atoms with E-state index < -0.39 is 0 Å². The van der Waals surface area contributed by atoms with Gasteiger partial charge in [0.05, 0.1) is 7.11 Å². The van der Waals surface area contributed by atoms with Gasteiger partial charge < -0.3 is 15.0 Å². The van der Waals surface area contributed by atoms with Gasteiger partial charge in [-0.1, -0.05) is 20.4 Å². The number of methoxy groups -OCH3 is 1. The van der Waals surface area contributed by atoms with Gasteiger partial charge in [0.1, 0.15) is 11.6 Å². The lowest BCUT2D eigenvalue weighted by Crippen LogP contribution is -2.32. The van der Waals surface area contributed by atoms with Crippen LogP contribution >= 0.6 is 0 Å². The van der Waals surface area contributed by atoms with Crippen molar-refractivity contribution in [1.82, 2.24) is 25.0 Å². The lowest BCUT2D eigenvalue weighted by Gasteiger charge is -2.25. The Balaban J connectivity index is 2.20. The van der Waals surface area contributed by atoms with Gasteiger partial charge in [-0.15, -0.1) is 0 Å². The zero-order chi connectivity index (χ0) is 25.8. The van der Waals surface area contributed by atoms with E-state index in [1.165, 1.54) is 6.07 Å². The van der Waals surface area contributed by atoms with Gasteiger partial charge in [0.2, 0.25) is 12.3 Å². The Morgan fingerprint density at radius 1 is 1.40 bits per heavy atom. The van der Waals surface area contributed by atoms with Gasteiger partial charge in [-0.05, 0) is 50.5 Å². The molecule has 0 aliphatic heterocycles. The highest BCUT2D eigenvalue weighted by Gasteiger charge is 2.17. The number of nitrogens with zero attached hydrogens (tertiary/aromatic N) is 5. The zero-order valence-corrected chi connectivity index (χ0v) is 21.4. The molecule has 8 nitrogen and oxygen atoms in total. The number of allylic oxidation sites excluding steroid dienone is 1. The van der Waals surface area contributed by atoms with E-state index in [4.69, 9.17) is 14.8 Å². The minimum atomic E-state index is -0.241. The van der Waals surface area contributed by atoms with Gasteiger partial charge >= 0.3 is 0 Å². The Hall–Kier alpha value is -3.49. The molecule has 35 heavy (non-hydrogen) atoms. The van der Waals surface area contributed by atoms with Gasteiger partial charge in [-0.2, -0.15) is 5.10 Å². The highest BCUT2D eigenvalue weighted by Crippen LogP contribution is 2.24. The molecule has 1 amide bonds. The van der Waals surface area contributed by atoms with Crippen LogP contribution in [0.4, 0.5) is 4.39 Å². The fourth-order valence-electron chi connectivity index (χ4n) is 3.55. The summed E-state index contributed by atoms with van der Waals surface area (Å²) in [4.78, 5) is 21.8. The van der Waals surface area contributed by atoms with Gasteiger partial charge in [-0.25, -0.2) is 19.0 Å². The van der Waals surface area contributed by atoms with Crippen LogP contribution in [0.3, 0.4) is 0 Å². The number of aliphatic imine (C=N–C) groups is 1. The topological polar surface area (TPSA) is 84.6 Å². The molecule has 0 aliphatic rings. The first-order chi connectivity index (χ1) is 16.8. The van der Waals surface area contributed by atoms with Gasteiger partial charge in [0, 0.05) is 55.6 Å². The second-order valence-corrected chi connectivity index (χ2v) is 8.27. The summed E-state index contributed by atoms with van der Waals surface area (Å²) in [5, 5.41) is 7.45. The third-order valence-electron chi connectivity index (χ3n) is 5.74. The van der Waals surface area contributed by atoms with Crippen molar-refractivity contribution in [2.24, 2.45) is 4.99 Å². The fourth-order valence-corrected chi connectivity index (χ4v) is 3.55. The van der Waals surface area contributed by atoms with Crippen LogP contribution in [-0.4, -0.2) is 59.0 Å². The third-order valence-corrected chi connectivity index (χ3v) is 5.74. The van der Waals surface area contributed by atoms with E-state index in [1.54, 1.807) is 38.5 Å². The smallest absolute Gasteiger partial charge is 0.214 e. The highest BCUT2D eigenvalue weighted by atomic mass is 19.1. The highest BCUT2D eigenvalue weighted by molar-refractivity contribution is 5.56. The van der Waals surface area contributed by atoms with E-state index >= 15 is 0 Å². The summed E-state index contributed by atoms with van der Waals surface area (Å²) in [6, 6.07) is 4.95. The van der Waals surface area contributed by atoms with Gasteiger partial charge in [0.15, 0.2) is 5.82 Å². The maximum Gasteiger partial charge on any atom is 0.214 e. The van der Waals surface area contributed by atoms with E-state index in [-0.39, 0.29) is 11.7 Å². The van der Waals surface area contributed by atoms with Crippen LogP contribution < -0.4 is 5.32 Å². The van der Waals surface area contributed by atoms with Gasteiger partial charge in [-0.3, -0.25) is 4.79 Å². The summed E-state index contributed by atoms with van der Waals surface area (Å²) in [7, 11) is 1.56.